The number of hydrogen-bond acceptors (Lipinski definition) is 3. The highest BCUT2D eigenvalue weighted by Gasteiger charge is 2.05. The van der Waals surface area contributed by atoms with E-state index in [1.807, 2.05) is 29.5 Å². The summed E-state index contributed by atoms with van der Waals surface area (Å²) in [6.07, 6.45) is 5.44. The van der Waals surface area contributed by atoms with Crippen molar-refractivity contribution in [2.75, 3.05) is 19.6 Å². The lowest BCUT2D eigenvalue weighted by Crippen LogP contribution is -2.38. The number of rotatable bonds is 9. The van der Waals surface area contributed by atoms with Crippen molar-refractivity contribution >= 4 is 17.3 Å². The van der Waals surface area contributed by atoms with Crippen molar-refractivity contribution in [2.45, 2.75) is 19.8 Å². The summed E-state index contributed by atoms with van der Waals surface area (Å²) in [5.41, 5.74) is 0. The van der Waals surface area contributed by atoms with Gasteiger partial charge in [0.05, 0.1) is 6.26 Å². The lowest BCUT2D eigenvalue weighted by atomic mass is 10.1. The monoisotopic (exact) mass is 331 g/mol. The fourth-order valence-corrected chi connectivity index (χ4v) is 3.06. The SMILES string of the molecule is C=CCNC(=NCC(C)Cc1cccs1)NCCc1ccco1. The van der Waals surface area contributed by atoms with Crippen LogP contribution in [0.1, 0.15) is 17.6 Å². The average molecular weight is 331 g/mol. The van der Waals surface area contributed by atoms with Gasteiger partial charge in [-0.2, -0.15) is 0 Å². The molecule has 124 valence electrons. The average Bonchev–Trinajstić information content (AvgIpc) is 3.23. The van der Waals surface area contributed by atoms with Gasteiger partial charge in [0.2, 0.25) is 0 Å². The molecule has 0 saturated carbocycles. The Morgan fingerprint density at radius 3 is 3.00 bits per heavy atom. The predicted octanol–water partition coefficient (Wildman–Crippen LogP) is 3.48. The number of nitrogens with zero attached hydrogens (tertiary/aromatic N) is 1. The maximum absolute atomic E-state index is 5.34. The van der Waals surface area contributed by atoms with Crippen LogP contribution in [0.5, 0.6) is 0 Å². The summed E-state index contributed by atoms with van der Waals surface area (Å²) in [5, 5.41) is 8.72. The summed E-state index contributed by atoms with van der Waals surface area (Å²) in [6.45, 7) is 8.26. The Kier molecular flexibility index (Phi) is 7.46. The molecular weight excluding hydrogens is 306 g/mol. The van der Waals surface area contributed by atoms with Crippen LogP contribution in [0, 0.1) is 5.92 Å². The summed E-state index contributed by atoms with van der Waals surface area (Å²) in [4.78, 5) is 6.10. The summed E-state index contributed by atoms with van der Waals surface area (Å²) < 4.78 is 5.34. The van der Waals surface area contributed by atoms with Crippen molar-refractivity contribution in [3.63, 3.8) is 0 Å². The zero-order valence-corrected chi connectivity index (χ0v) is 14.4. The normalized spacial score (nSPS) is 12.8. The molecule has 2 aromatic rings. The van der Waals surface area contributed by atoms with E-state index in [9.17, 15) is 0 Å². The van der Waals surface area contributed by atoms with Gasteiger partial charge in [0, 0.05) is 30.9 Å². The smallest absolute Gasteiger partial charge is 0.191 e. The van der Waals surface area contributed by atoms with Crippen LogP contribution in [0.3, 0.4) is 0 Å². The molecule has 2 N–H and O–H groups in total. The van der Waals surface area contributed by atoms with Crippen LogP contribution in [0.25, 0.3) is 0 Å². The second kappa shape index (κ2) is 9.90. The molecule has 0 bridgehead atoms. The summed E-state index contributed by atoms with van der Waals surface area (Å²) in [5.74, 6) is 2.32. The van der Waals surface area contributed by atoms with E-state index in [1.165, 1.54) is 4.88 Å². The summed E-state index contributed by atoms with van der Waals surface area (Å²) in [7, 11) is 0. The molecule has 0 aromatic carbocycles. The van der Waals surface area contributed by atoms with Gasteiger partial charge in [-0.1, -0.05) is 19.1 Å². The number of guanidine groups is 1. The van der Waals surface area contributed by atoms with Gasteiger partial charge in [0.1, 0.15) is 5.76 Å². The number of aliphatic imine (C=N–C) groups is 1. The predicted molar refractivity (Wildman–Crippen MR) is 98.1 cm³/mol. The lowest BCUT2D eigenvalue weighted by molar-refractivity contribution is 0.506. The molecule has 4 nitrogen and oxygen atoms in total. The minimum Gasteiger partial charge on any atom is -0.469 e. The highest BCUT2D eigenvalue weighted by atomic mass is 32.1. The fraction of sp³-hybridized carbons (Fsp3) is 0.389. The molecule has 2 aromatic heterocycles. The van der Waals surface area contributed by atoms with Gasteiger partial charge in [-0.25, -0.2) is 0 Å². The van der Waals surface area contributed by atoms with Crippen LogP contribution in [0.2, 0.25) is 0 Å². The van der Waals surface area contributed by atoms with E-state index in [0.717, 1.165) is 37.7 Å². The van der Waals surface area contributed by atoms with Crippen molar-refractivity contribution in [2.24, 2.45) is 10.9 Å². The highest BCUT2D eigenvalue weighted by molar-refractivity contribution is 7.09. The standard InChI is InChI=1S/C18H25N3OS/c1-3-9-19-18(20-10-8-16-6-4-11-22-16)21-14-15(2)13-17-7-5-12-23-17/h3-7,11-12,15H,1,8-10,13-14H2,2H3,(H2,19,20,21). The van der Waals surface area contributed by atoms with E-state index >= 15 is 0 Å². The zero-order valence-electron chi connectivity index (χ0n) is 13.6. The summed E-state index contributed by atoms with van der Waals surface area (Å²) in [6, 6.07) is 8.18. The number of nitrogens with one attached hydrogen (secondary N) is 2. The minimum atomic E-state index is 0.515. The number of hydrogen-bond donors (Lipinski definition) is 2. The molecule has 0 amide bonds. The van der Waals surface area contributed by atoms with Crippen LogP contribution in [-0.4, -0.2) is 25.6 Å². The first kappa shape index (κ1) is 17.3. The van der Waals surface area contributed by atoms with Crippen molar-refractivity contribution in [1.29, 1.82) is 0 Å². The molecule has 0 aliphatic rings. The lowest BCUT2D eigenvalue weighted by Gasteiger charge is -2.13. The Bertz CT molecular complexity index is 575. The molecule has 0 aliphatic carbocycles. The van der Waals surface area contributed by atoms with Crippen LogP contribution in [-0.2, 0) is 12.8 Å². The third-order valence-electron chi connectivity index (χ3n) is 3.35. The van der Waals surface area contributed by atoms with Gasteiger partial charge in [0.25, 0.3) is 0 Å². The van der Waals surface area contributed by atoms with Gasteiger partial charge in [-0.05, 0) is 35.9 Å². The molecule has 0 aliphatic heterocycles. The van der Waals surface area contributed by atoms with E-state index in [4.69, 9.17) is 4.42 Å². The first-order valence-electron chi connectivity index (χ1n) is 7.95. The molecule has 1 unspecified atom stereocenters. The van der Waals surface area contributed by atoms with Crippen molar-refractivity contribution in [3.8, 4) is 0 Å². The van der Waals surface area contributed by atoms with Gasteiger partial charge in [0.15, 0.2) is 5.96 Å². The Labute approximate surface area is 142 Å². The van der Waals surface area contributed by atoms with Gasteiger partial charge in [-0.15, -0.1) is 17.9 Å². The Morgan fingerprint density at radius 2 is 2.30 bits per heavy atom. The second-order valence-electron chi connectivity index (χ2n) is 5.50. The van der Waals surface area contributed by atoms with Crippen LogP contribution < -0.4 is 10.6 Å². The van der Waals surface area contributed by atoms with E-state index in [1.54, 1.807) is 6.26 Å². The molecule has 0 radical (unpaired) electrons. The van der Waals surface area contributed by atoms with Crippen molar-refractivity contribution in [1.82, 2.24) is 10.6 Å². The molecule has 23 heavy (non-hydrogen) atoms. The Hall–Kier alpha value is -2.01. The molecule has 0 fully saturated rings. The maximum atomic E-state index is 5.34. The highest BCUT2D eigenvalue weighted by Crippen LogP contribution is 2.14. The van der Waals surface area contributed by atoms with E-state index in [0.29, 0.717) is 12.5 Å². The molecular formula is C18H25N3OS. The van der Waals surface area contributed by atoms with Crippen LogP contribution in [0.4, 0.5) is 0 Å². The van der Waals surface area contributed by atoms with E-state index in [2.05, 4.69) is 46.6 Å². The van der Waals surface area contributed by atoms with E-state index < -0.39 is 0 Å². The minimum absolute atomic E-state index is 0.515. The zero-order chi connectivity index (χ0) is 16.3. The van der Waals surface area contributed by atoms with E-state index in [-0.39, 0.29) is 0 Å². The second-order valence-corrected chi connectivity index (χ2v) is 6.54. The Morgan fingerprint density at radius 1 is 1.39 bits per heavy atom. The first-order chi connectivity index (χ1) is 11.3. The van der Waals surface area contributed by atoms with Crippen molar-refractivity contribution < 1.29 is 4.42 Å². The quantitative estimate of drug-likeness (QED) is 0.420. The third-order valence-corrected chi connectivity index (χ3v) is 4.25. The Balaban J connectivity index is 1.79. The van der Waals surface area contributed by atoms with Crippen LogP contribution >= 0.6 is 11.3 Å². The molecule has 0 saturated heterocycles. The molecule has 5 heteroatoms. The number of thiophene rings is 1. The van der Waals surface area contributed by atoms with Crippen molar-refractivity contribution in [3.05, 3.63) is 59.2 Å². The molecule has 2 rings (SSSR count). The fourth-order valence-electron chi connectivity index (χ4n) is 2.19. The number of furan rings is 1. The first-order valence-corrected chi connectivity index (χ1v) is 8.83. The van der Waals surface area contributed by atoms with Crippen LogP contribution in [0.15, 0.2) is 58.0 Å². The molecule has 2 heterocycles. The van der Waals surface area contributed by atoms with Gasteiger partial charge < -0.3 is 15.1 Å². The largest absolute Gasteiger partial charge is 0.469 e. The maximum Gasteiger partial charge on any atom is 0.191 e. The topological polar surface area (TPSA) is 49.6 Å². The van der Waals surface area contributed by atoms with Gasteiger partial charge in [-0.3, -0.25) is 4.99 Å². The molecule has 1 atom stereocenters. The van der Waals surface area contributed by atoms with Gasteiger partial charge >= 0.3 is 0 Å². The summed E-state index contributed by atoms with van der Waals surface area (Å²) >= 11 is 1.81. The molecule has 0 spiro atoms. The third kappa shape index (κ3) is 6.74.